The van der Waals surface area contributed by atoms with Crippen LogP contribution in [0.2, 0.25) is 0 Å². The molecule has 0 amide bonds. The highest BCUT2D eigenvalue weighted by Crippen LogP contribution is 2.30. The second-order valence-corrected chi connectivity index (χ2v) is 6.39. The zero-order valence-corrected chi connectivity index (χ0v) is 14.8. The minimum absolute atomic E-state index is 0.711. The Morgan fingerprint density at radius 2 is 1.70 bits per heavy atom. The van der Waals surface area contributed by atoms with Crippen LogP contribution >= 0.6 is 0 Å². The quantitative estimate of drug-likeness (QED) is 0.836. The number of ether oxygens (including phenoxy) is 1. The van der Waals surface area contributed by atoms with Crippen molar-refractivity contribution in [2.75, 3.05) is 58.0 Å². The first kappa shape index (κ1) is 17.9. The molecule has 5 heteroatoms. The van der Waals surface area contributed by atoms with Crippen LogP contribution < -0.4 is 20.7 Å². The van der Waals surface area contributed by atoms with E-state index in [4.69, 9.17) is 10.5 Å². The van der Waals surface area contributed by atoms with Gasteiger partial charge in [0.1, 0.15) is 5.75 Å². The van der Waals surface area contributed by atoms with Gasteiger partial charge in [-0.25, -0.2) is 0 Å². The topological polar surface area (TPSA) is 53.8 Å². The molecule has 0 aliphatic carbocycles. The van der Waals surface area contributed by atoms with Gasteiger partial charge < -0.3 is 25.6 Å². The monoisotopic (exact) mass is 320 g/mol. The number of likely N-dealkylation sites (tertiary alicyclic amines) is 1. The zero-order chi connectivity index (χ0) is 16.7. The summed E-state index contributed by atoms with van der Waals surface area (Å²) >= 11 is 0. The lowest BCUT2D eigenvalue weighted by Crippen LogP contribution is -2.43. The molecule has 2 fully saturated rings. The number of methoxy groups -OCH3 is 1. The fraction of sp³-hybridized carbons (Fsp3) is 0.667. The molecular weight excluding hydrogens is 288 g/mol. The molecule has 1 aromatic carbocycles. The van der Waals surface area contributed by atoms with Gasteiger partial charge in [0.05, 0.1) is 12.8 Å². The zero-order valence-electron chi connectivity index (χ0n) is 14.8. The second kappa shape index (κ2) is 8.99. The van der Waals surface area contributed by atoms with Crippen molar-refractivity contribution in [2.24, 2.45) is 0 Å². The number of nitrogen functional groups attached to an aromatic ring is 1. The van der Waals surface area contributed by atoms with Crippen molar-refractivity contribution in [1.82, 2.24) is 10.2 Å². The van der Waals surface area contributed by atoms with Gasteiger partial charge in [0.2, 0.25) is 0 Å². The molecule has 0 radical (unpaired) electrons. The maximum Gasteiger partial charge on any atom is 0.143 e. The Kier molecular flexibility index (Phi) is 6.99. The van der Waals surface area contributed by atoms with Gasteiger partial charge in [0.15, 0.2) is 0 Å². The molecule has 3 N–H and O–H groups in total. The van der Waals surface area contributed by atoms with E-state index in [0.717, 1.165) is 24.9 Å². The van der Waals surface area contributed by atoms with Crippen molar-refractivity contribution in [2.45, 2.75) is 31.7 Å². The minimum Gasteiger partial charge on any atom is -0.495 e. The van der Waals surface area contributed by atoms with Gasteiger partial charge in [-0.3, -0.25) is 0 Å². The molecule has 23 heavy (non-hydrogen) atoms. The van der Waals surface area contributed by atoms with Crippen LogP contribution in [0.5, 0.6) is 5.75 Å². The summed E-state index contributed by atoms with van der Waals surface area (Å²) < 4.78 is 5.32. The Balaban J connectivity index is 0.000000595. The van der Waals surface area contributed by atoms with E-state index < -0.39 is 0 Å². The van der Waals surface area contributed by atoms with Crippen LogP contribution in [0.15, 0.2) is 18.2 Å². The van der Waals surface area contributed by atoms with Crippen molar-refractivity contribution in [3.05, 3.63) is 18.2 Å². The molecule has 2 aliphatic rings. The standard InChI is InChI=1S/C16H25N3O.C2H7N/c1-20-16-12-14(4-5-15(16)17)19-10-6-13(7-11-19)18-8-2-3-9-18;1-3-2/h4-5,12-13H,2-3,6-11,17H2,1H3;3H,1-2H3. The maximum absolute atomic E-state index is 5.88. The first-order valence-corrected chi connectivity index (χ1v) is 8.70. The Labute approximate surface area is 140 Å². The first-order chi connectivity index (χ1) is 11.2. The molecule has 130 valence electrons. The lowest BCUT2D eigenvalue weighted by atomic mass is 10.0. The number of piperidine rings is 1. The number of benzene rings is 1. The largest absolute Gasteiger partial charge is 0.495 e. The maximum atomic E-state index is 5.88. The van der Waals surface area contributed by atoms with E-state index in [0.29, 0.717) is 5.69 Å². The molecular formula is C18H32N4O. The van der Waals surface area contributed by atoms with E-state index in [2.05, 4.69) is 27.2 Å². The van der Waals surface area contributed by atoms with Gasteiger partial charge in [-0.2, -0.15) is 0 Å². The summed E-state index contributed by atoms with van der Waals surface area (Å²) in [6.45, 7) is 4.88. The first-order valence-electron chi connectivity index (χ1n) is 8.70. The van der Waals surface area contributed by atoms with Crippen LogP contribution in [0.25, 0.3) is 0 Å². The van der Waals surface area contributed by atoms with Gasteiger partial charge in [0.25, 0.3) is 0 Å². The highest BCUT2D eigenvalue weighted by molar-refractivity contribution is 5.62. The summed E-state index contributed by atoms with van der Waals surface area (Å²) in [4.78, 5) is 5.13. The predicted octanol–water partition coefficient (Wildman–Crippen LogP) is 2.18. The van der Waals surface area contributed by atoms with Gasteiger partial charge >= 0.3 is 0 Å². The van der Waals surface area contributed by atoms with Crippen molar-refractivity contribution in [1.29, 1.82) is 0 Å². The van der Waals surface area contributed by atoms with Crippen LogP contribution in [-0.4, -0.2) is 58.3 Å². The smallest absolute Gasteiger partial charge is 0.143 e. The fourth-order valence-electron chi connectivity index (χ4n) is 3.49. The third-order valence-corrected chi connectivity index (χ3v) is 4.70. The predicted molar refractivity (Wildman–Crippen MR) is 98.4 cm³/mol. The lowest BCUT2D eigenvalue weighted by Gasteiger charge is -2.37. The Hall–Kier alpha value is -1.46. The number of nitrogens with zero attached hydrogens (tertiary/aromatic N) is 2. The number of rotatable bonds is 3. The highest BCUT2D eigenvalue weighted by Gasteiger charge is 2.26. The molecule has 2 aliphatic heterocycles. The highest BCUT2D eigenvalue weighted by atomic mass is 16.5. The van der Waals surface area contributed by atoms with Crippen molar-refractivity contribution < 1.29 is 4.74 Å². The van der Waals surface area contributed by atoms with Gasteiger partial charge in [-0.15, -0.1) is 0 Å². The van der Waals surface area contributed by atoms with Crippen LogP contribution in [0, 0.1) is 0 Å². The van der Waals surface area contributed by atoms with E-state index >= 15 is 0 Å². The molecule has 0 aromatic heterocycles. The molecule has 2 saturated heterocycles. The summed E-state index contributed by atoms with van der Waals surface area (Å²) in [6, 6.07) is 6.91. The SMILES string of the molecule is CNC.COc1cc(N2CCC(N3CCCC3)CC2)ccc1N. The molecule has 5 nitrogen and oxygen atoms in total. The Morgan fingerprint density at radius 1 is 1.09 bits per heavy atom. The van der Waals surface area contributed by atoms with E-state index in [1.807, 2.05) is 20.2 Å². The minimum atomic E-state index is 0.711. The molecule has 3 rings (SSSR count). The Morgan fingerprint density at radius 3 is 2.26 bits per heavy atom. The molecule has 0 spiro atoms. The number of nitrogens with one attached hydrogen (secondary N) is 1. The average molecular weight is 320 g/mol. The van der Waals surface area contributed by atoms with Gasteiger partial charge in [-0.1, -0.05) is 0 Å². The van der Waals surface area contributed by atoms with Crippen LogP contribution in [0.1, 0.15) is 25.7 Å². The number of nitrogens with two attached hydrogens (primary N) is 1. The molecule has 2 heterocycles. The number of hydrogen-bond acceptors (Lipinski definition) is 5. The van der Waals surface area contributed by atoms with Crippen molar-refractivity contribution in [3.8, 4) is 5.75 Å². The number of anilines is 2. The van der Waals surface area contributed by atoms with Crippen molar-refractivity contribution in [3.63, 3.8) is 0 Å². The molecule has 1 aromatic rings. The van der Waals surface area contributed by atoms with E-state index in [-0.39, 0.29) is 0 Å². The summed E-state index contributed by atoms with van der Waals surface area (Å²) in [5.74, 6) is 0.782. The number of hydrogen-bond donors (Lipinski definition) is 2. The summed E-state index contributed by atoms with van der Waals surface area (Å²) in [7, 11) is 5.43. The lowest BCUT2D eigenvalue weighted by molar-refractivity contribution is 0.208. The Bertz CT molecular complexity index is 466. The average Bonchev–Trinajstić information content (AvgIpc) is 3.11. The fourth-order valence-corrected chi connectivity index (χ4v) is 3.49. The summed E-state index contributed by atoms with van der Waals surface area (Å²) in [5, 5.41) is 2.75. The summed E-state index contributed by atoms with van der Waals surface area (Å²) in [5.41, 5.74) is 7.83. The van der Waals surface area contributed by atoms with E-state index in [1.165, 1.54) is 44.5 Å². The van der Waals surface area contributed by atoms with E-state index in [1.54, 1.807) is 7.11 Å². The van der Waals surface area contributed by atoms with Gasteiger partial charge in [0, 0.05) is 30.9 Å². The van der Waals surface area contributed by atoms with Crippen LogP contribution in [-0.2, 0) is 0 Å². The third kappa shape index (κ3) is 4.75. The van der Waals surface area contributed by atoms with Crippen molar-refractivity contribution >= 4 is 11.4 Å². The van der Waals surface area contributed by atoms with Crippen LogP contribution in [0.3, 0.4) is 0 Å². The molecule has 0 atom stereocenters. The molecule has 0 saturated carbocycles. The molecule has 0 bridgehead atoms. The van der Waals surface area contributed by atoms with Gasteiger partial charge in [-0.05, 0) is 65.0 Å². The molecule has 0 unspecified atom stereocenters. The third-order valence-electron chi connectivity index (χ3n) is 4.70. The summed E-state index contributed by atoms with van der Waals surface area (Å²) in [6.07, 6.45) is 5.31. The van der Waals surface area contributed by atoms with E-state index in [9.17, 15) is 0 Å². The van der Waals surface area contributed by atoms with Crippen LogP contribution in [0.4, 0.5) is 11.4 Å². The normalized spacial score (nSPS) is 19.3. The second-order valence-electron chi connectivity index (χ2n) is 6.39.